The highest BCUT2D eigenvalue weighted by Gasteiger charge is 2.60. The molecule has 4 atom stereocenters. The number of fused-ring (bicyclic) bond motifs is 1. The zero-order chi connectivity index (χ0) is 17.2. The predicted octanol–water partition coefficient (Wildman–Crippen LogP) is 0.658. The van der Waals surface area contributed by atoms with E-state index in [0.717, 1.165) is 51.3 Å². The monoisotopic (exact) mass is 344 g/mol. The summed E-state index contributed by atoms with van der Waals surface area (Å²) in [4.78, 5) is 29.9. The number of aryl methyl sites for hydroxylation is 1. The van der Waals surface area contributed by atoms with Crippen LogP contribution in [0.1, 0.15) is 19.3 Å². The van der Waals surface area contributed by atoms with Crippen LogP contribution >= 0.6 is 0 Å². The minimum atomic E-state index is -0.399. The van der Waals surface area contributed by atoms with Crippen molar-refractivity contribution in [1.82, 2.24) is 14.7 Å². The van der Waals surface area contributed by atoms with Gasteiger partial charge in [0.15, 0.2) is 0 Å². The van der Waals surface area contributed by atoms with E-state index in [0.29, 0.717) is 18.4 Å². The van der Waals surface area contributed by atoms with Gasteiger partial charge >= 0.3 is 0 Å². The molecule has 1 spiro atoms. The Morgan fingerprint density at radius 2 is 2.08 bits per heavy atom. The number of rotatable bonds is 2. The molecule has 4 fully saturated rings. The highest BCUT2D eigenvalue weighted by Crippen LogP contribution is 2.52. The molecule has 2 unspecified atom stereocenters. The summed E-state index contributed by atoms with van der Waals surface area (Å²) in [5.74, 6) is 1.42. The molecule has 3 saturated heterocycles. The fraction of sp³-hybridized carbons (Fsp3) is 0.722. The van der Waals surface area contributed by atoms with E-state index in [1.807, 2.05) is 23.0 Å². The number of amides is 2. The molecule has 3 aliphatic heterocycles. The maximum Gasteiger partial charge on any atom is 0.235 e. The van der Waals surface area contributed by atoms with Crippen LogP contribution in [0, 0.1) is 23.2 Å². The van der Waals surface area contributed by atoms with Crippen molar-refractivity contribution in [1.29, 1.82) is 0 Å². The number of aromatic nitrogens is 2. The third-order valence-electron chi connectivity index (χ3n) is 6.64. The van der Waals surface area contributed by atoms with Crippen molar-refractivity contribution in [2.75, 3.05) is 37.7 Å². The van der Waals surface area contributed by atoms with Crippen molar-refractivity contribution in [2.45, 2.75) is 19.3 Å². The fourth-order valence-electron chi connectivity index (χ4n) is 5.13. The Kier molecular flexibility index (Phi) is 3.26. The highest BCUT2D eigenvalue weighted by atomic mass is 16.5. The summed E-state index contributed by atoms with van der Waals surface area (Å²) in [6.07, 6.45) is 6.25. The number of carbonyl (C=O) groups excluding carboxylic acids is 2. The van der Waals surface area contributed by atoms with Gasteiger partial charge in [-0.1, -0.05) is 0 Å². The second kappa shape index (κ2) is 5.30. The van der Waals surface area contributed by atoms with Crippen molar-refractivity contribution >= 4 is 17.5 Å². The second-order valence-electron chi connectivity index (χ2n) is 8.11. The predicted molar refractivity (Wildman–Crippen MR) is 89.7 cm³/mol. The van der Waals surface area contributed by atoms with Crippen LogP contribution in [0.25, 0.3) is 0 Å². The summed E-state index contributed by atoms with van der Waals surface area (Å²) < 4.78 is 7.13. The Morgan fingerprint density at radius 1 is 1.28 bits per heavy atom. The van der Waals surface area contributed by atoms with Crippen LogP contribution in [0.3, 0.4) is 0 Å². The third kappa shape index (κ3) is 2.25. The molecule has 1 aliphatic carbocycles. The van der Waals surface area contributed by atoms with E-state index >= 15 is 0 Å². The summed E-state index contributed by atoms with van der Waals surface area (Å²) in [7, 11) is 1.86. The van der Waals surface area contributed by atoms with Gasteiger partial charge < -0.3 is 14.5 Å². The van der Waals surface area contributed by atoms with Gasteiger partial charge in [0.2, 0.25) is 11.8 Å². The zero-order valence-electron chi connectivity index (χ0n) is 14.6. The SMILES string of the molecule is Cn1cc(N2CCC3(CCCN(C(=O)C4[C@H]5COC[C@@H]45)C3)C2=O)cn1. The van der Waals surface area contributed by atoms with E-state index in [-0.39, 0.29) is 17.7 Å². The second-order valence-corrected chi connectivity index (χ2v) is 8.11. The van der Waals surface area contributed by atoms with Gasteiger partial charge in [0, 0.05) is 38.8 Å². The normalized spacial score (nSPS) is 37.0. The van der Waals surface area contributed by atoms with Crippen molar-refractivity contribution in [2.24, 2.45) is 30.2 Å². The van der Waals surface area contributed by atoms with Crippen molar-refractivity contribution in [3.63, 3.8) is 0 Å². The minimum absolute atomic E-state index is 0.148. The Bertz CT molecular complexity index is 722. The zero-order valence-corrected chi connectivity index (χ0v) is 14.6. The summed E-state index contributed by atoms with van der Waals surface area (Å²) in [6.45, 7) is 3.55. The van der Waals surface area contributed by atoms with Gasteiger partial charge in [-0.25, -0.2) is 0 Å². The summed E-state index contributed by atoms with van der Waals surface area (Å²) in [5, 5.41) is 4.18. The smallest absolute Gasteiger partial charge is 0.235 e. The van der Waals surface area contributed by atoms with Crippen LogP contribution in [0.15, 0.2) is 12.4 Å². The van der Waals surface area contributed by atoms with Gasteiger partial charge in [-0.3, -0.25) is 14.3 Å². The van der Waals surface area contributed by atoms with Crippen LogP contribution in [0.4, 0.5) is 5.69 Å². The van der Waals surface area contributed by atoms with E-state index in [1.54, 1.807) is 10.9 Å². The quantitative estimate of drug-likeness (QED) is 0.790. The van der Waals surface area contributed by atoms with Crippen LogP contribution in [0.2, 0.25) is 0 Å². The molecule has 1 aromatic heterocycles. The van der Waals surface area contributed by atoms with Gasteiger partial charge in [0.25, 0.3) is 0 Å². The molecule has 0 bridgehead atoms. The molecule has 4 heterocycles. The first-order valence-corrected chi connectivity index (χ1v) is 9.26. The lowest BCUT2D eigenvalue weighted by atomic mass is 9.78. The van der Waals surface area contributed by atoms with E-state index in [4.69, 9.17) is 4.74 Å². The maximum absolute atomic E-state index is 13.2. The van der Waals surface area contributed by atoms with Gasteiger partial charge in [0.05, 0.1) is 30.5 Å². The molecular weight excluding hydrogens is 320 g/mol. The number of likely N-dealkylation sites (tertiary alicyclic amines) is 1. The third-order valence-corrected chi connectivity index (χ3v) is 6.64. The molecule has 1 saturated carbocycles. The Hall–Kier alpha value is -1.89. The average Bonchev–Trinajstić information content (AvgIpc) is 2.98. The number of ether oxygens (including phenoxy) is 1. The van der Waals surface area contributed by atoms with Crippen molar-refractivity contribution < 1.29 is 14.3 Å². The lowest BCUT2D eigenvalue weighted by Gasteiger charge is -2.39. The molecule has 7 heteroatoms. The molecule has 5 rings (SSSR count). The van der Waals surface area contributed by atoms with Crippen LogP contribution in [-0.2, 0) is 21.4 Å². The van der Waals surface area contributed by atoms with Crippen LogP contribution in [-0.4, -0.2) is 59.3 Å². The van der Waals surface area contributed by atoms with Gasteiger partial charge in [-0.2, -0.15) is 5.10 Å². The molecule has 4 aliphatic rings. The summed E-state index contributed by atoms with van der Waals surface area (Å²) in [6, 6.07) is 0. The maximum atomic E-state index is 13.2. The van der Waals surface area contributed by atoms with Crippen LogP contribution in [0.5, 0.6) is 0 Å². The molecule has 1 aromatic rings. The summed E-state index contributed by atoms with van der Waals surface area (Å²) >= 11 is 0. The van der Waals surface area contributed by atoms with Gasteiger partial charge in [0.1, 0.15) is 0 Å². The fourth-order valence-corrected chi connectivity index (χ4v) is 5.13. The highest BCUT2D eigenvalue weighted by molar-refractivity contribution is 6.00. The Morgan fingerprint density at radius 3 is 2.80 bits per heavy atom. The standard InChI is InChI=1S/C18H24N4O3/c1-20-8-12(7-19-20)22-6-4-18(17(22)24)3-2-5-21(11-18)16(23)15-13-9-25-10-14(13)15/h7-8,13-15H,2-6,9-11H2,1H3/t13-,14+,15?,18?. The van der Waals surface area contributed by atoms with Gasteiger partial charge in [-0.15, -0.1) is 0 Å². The number of anilines is 1. The lowest BCUT2D eigenvalue weighted by molar-refractivity contribution is -0.140. The number of hydrogen-bond donors (Lipinski definition) is 0. The van der Waals surface area contributed by atoms with Crippen LogP contribution < -0.4 is 4.90 Å². The molecule has 0 radical (unpaired) electrons. The molecule has 7 nitrogen and oxygen atoms in total. The van der Waals surface area contributed by atoms with Gasteiger partial charge in [-0.05, 0) is 31.1 Å². The van der Waals surface area contributed by atoms with E-state index in [9.17, 15) is 9.59 Å². The van der Waals surface area contributed by atoms with E-state index in [2.05, 4.69) is 5.10 Å². The molecule has 134 valence electrons. The Balaban J connectivity index is 1.32. The largest absolute Gasteiger partial charge is 0.381 e. The average molecular weight is 344 g/mol. The molecule has 2 amide bonds. The first kappa shape index (κ1) is 15.4. The number of nitrogens with zero attached hydrogens (tertiary/aromatic N) is 4. The van der Waals surface area contributed by atoms with Crippen molar-refractivity contribution in [3.05, 3.63) is 12.4 Å². The number of carbonyl (C=O) groups is 2. The number of piperidine rings is 1. The number of hydrogen-bond acceptors (Lipinski definition) is 4. The lowest BCUT2D eigenvalue weighted by Crippen LogP contribution is -2.50. The molecular formula is C18H24N4O3. The molecule has 0 N–H and O–H groups in total. The van der Waals surface area contributed by atoms with E-state index < -0.39 is 5.41 Å². The first-order chi connectivity index (χ1) is 12.1. The first-order valence-electron chi connectivity index (χ1n) is 9.26. The molecule has 0 aromatic carbocycles. The minimum Gasteiger partial charge on any atom is -0.381 e. The summed E-state index contributed by atoms with van der Waals surface area (Å²) in [5.41, 5.74) is 0.464. The molecule has 25 heavy (non-hydrogen) atoms. The Labute approximate surface area is 146 Å². The topological polar surface area (TPSA) is 67.7 Å². The van der Waals surface area contributed by atoms with Crippen molar-refractivity contribution in [3.8, 4) is 0 Å². The van der Waals surface area contributed by atoms with E-state index in [1.165, 1.54) is 0 Å².